The Morgan fingerprint density at radius 3 is 2.33 bits per heavy atom. The molecule has 0 saturated heterocycles. The highest BCUT2D eigenvalue weighted by molar-refractivity contribution is 5.72. The quantitative estimate of drug-likeness (QED) is 0.643. The average Bonchev–Trinajstić information content (AvgIpc) is 3.22. The fourth-order valence-corrected chi connectivity index (χ4v) is 3.00. The molecule has 4 heteroatoms. The van der Waals surface area contributed by atoms with E-state index < -0.39 is 12.0 Å². The number of anilines is 1. The average molecular weight is 360 g/mol. The van der Waals surface area contributed by atoms with Gasteiger partial charge in [0.25, 0.3) is 0 Å². The van der Waals surface area contributed by atoms with Crippen molar-refractivity contribution in [2.75, 3.05) is 18.5 Å². The standard InChI is InChI=1S/C23H24N2O2/c1-24(21-9-3-2-4-10-21)15-7-8-19-11-13-20(14-12-19)18-22(23(26)27)25-16-5-6-17-25/h2-14,16-17,22H,15,18H2,1H3,(H,26,27)/t22-/m0/s1. The summed E-state index contributed by atoms with van der Waals surface area (Å²) >= 11 is 0. The van der Waals surface area contributed by atoms with Gasteiger partial charge >= 0.3 is 5.97 Å². The lowest BCUT2D eigenvalue weighted by Crippen LogP contribution is -2.20. The third kappa shape index (κ3) is 5.11. The number of benzene rings is 2. The Kier molecular flexibility index (Phi) is 6.10. The van der Waals surface area contributed by atoms with Gasteiger partial charge in [0, 0.05) is 38.1 Å². The van der Waals surface area contributed by atoms with Gasteiger partial charge in [-0.25, -0.2) is 4.79 Å². The van der Waals surface area contributed by atoms with Crippen LogP contribution in [0.4, 0.5) is 5.69 Å². The molecule has 0 saturated carbocycles. The molecule has 3 aromatic rings. The number of aromatic nitrogens is 1. The SMILES string of the molecule is CN(CC=Cc1ccc(C[C@@H](C(=O)O)n2cccc2)cc1)c1ccccc1. The van der Waals surface area contributed by atoms with E-state index in [1.165, 1.54) is 5.69 Å². The van der Waals surface area contributed by atoms with Gasteiger partial charge in [0.15, 0.2) is 0 Å². The summed E-state index contributed by atoms with van der Waals surface area (Å²) in [5.41, 5.74) is 3.30. The van der Waals surface area contributed by atoms with E-state index in [-0.39, 0.29) is 0 Å². The Morgan fingerprint density at radius 1 is 1.04 bits per heavy atom. The lowest BCUT2D eigenvalue weighted by Gasteiger charge is -2.16. The lowest BCUT2D eigenvalue weighted by atomic mass is 10.0. The number of aliphatic carboxylic acids is 1. The van der Waals surface area contributed by atoms with E-state index in [9.17, 15) is 9.90 Å². The first-order valence-electron chi connectivity index (χ1n) is 9.00. The Bertz CT molecular complexity index is 869. The number of likely N-dealkylation sites (N-methyl/N-ethyl adjacent to an activating group) is 1. The summed E-state index contributed by atoms with van der Waals surface area (Å²) in [4.78, 5) is 13.7. The van der Waals surface area contributed by atoms with Gasteiger partial charge < -0.3 is 14.6 Å². The van der Waals surface area contributed by atoms with Crippen LogP contribution < -0.4 is 4.90 Å². The number of para-hydroxylation sites is 1. The first-order chi connectivity index (χ1) is 13.1. The second kappa shape index (κ2) is 8.90. The van der Waals surface area contributed by atoms with Crippen LogP contribution in [0.25, 0.3) is 6.08 Å². The van der Waals surface area contributed by atoms with Gasteiger partial charge in [0.2, 0.25) is 0 Å². The highest BCUT2D eigenvalue weighted by Gasteiger charge is 2.18. The molecule has 1 aromatic heterocycles. The highest BCUT2D eigenvalue weighted by atomic mass is 16.4. The summed E-state index contributed by atoms with van der Waals surface area (Å²) < 4.78 is 1.73. The fourth-order valence-electron chi connectivity index (χ4n) is 3.00. The molecular formula is C23H24N2O2. The van der Waals surface area contributed by atoms with Gasteiger partial charge in [-0.3, -0.25) is 0 Å². The highest BCUT2D eigenvalue weighted by Crippen LogP contribution is 2.17. The molecule has 138 valence electrons. The molecular weight excluding hydrogens is 336 g/mol. The minimum Gasteiger partial charge on any atom is -0.480 e. The zero-order valence-corrected chi connectivity index (χ0v) is 15.4. The molecule has 0 bridgehead atoms. The van der Waals surface area contributed by atoms with Crippen LogP contribution in [0.2, 0.25) is 0 Å². The molecule has 0 amide bonds. The van der Waals surface area contributed by atoms with Crippen LogP contribution in [0, 0.1) is 0 Å². The maximum atomic E-state index is 11.6. The maximum Gasteiger partial charge on any atom is 0.327 e. The number of carbonyl (C=O) groups is 1. The third-order valence-corrected chi connectivity index (χ3v) is 4.57. The predicted molar refractivity (Wildman–Crippen MR) is 110 cm³/mol. The Hall–Kier alpha value is -3.27. The maximum absolute atomic E-state index is 11.6. The minimum atomic E-state index is -0.820. The molecule has 0 radical (unpaired) electrons. The van der Waals surface area contributed by atoms with E-state index >= 15 is 0 Å². The topological polar surface area (TPSA) is 45.5 Å². The Morgan fingerprint density at radius 2 is 1.70 bits per heavy atom. The van der Waals surface area contributed by atoms with Crippen molar-refractivity contribution in [2.24, 2.45) is 0 Å². The molecule has 3 rings (SSSR count). The van der Waals surface area contributed by atoms with Crippen LogP contribution >= 0.6 is 0 Å². The molecule has 1 N–H and O–H groups in total. The van der Waals surface area contributed by atoms with Crippen molar-refractivity contribution in [1.82, 2.24) is 4.57 Å². The van der Waals surface area contributed by atoms with Crippen LogP contribution in [0.3, 0.4) is 0 Å². The van der Waals surface area contributed by atoms with Gasteiger partial charge in [-0.1, -0.05) is 54.6 Å². The predicted octanol–water partition coefficient (Wildman–Crippen LogP) is 4.51. The molecule has 2 aromatic carbocycles. The van der Waals surface area contributed by atoms with Crippen LogP contribution in [0.1, 0.15) is 17.2 Å². The zero-order chi connectivity index (χ0) is 19.1. The van der Waals surface area contributed by atoms with Crippen LogP contribution in [0.15, 0.2) is 85.2 Å². The lowest BCUT2D eigenvalue weighted by molar-refractivity contribution is -0.140. The van der Waals surface area contributed by atoms with E-state index in [1.807, 2.05) is 54.6 Å². The largest absolute Gasteiger partial charge is 0.480 e. The molecule has 1 heterocycles. The molecule has 0 unspecified atom stereocenters. The van der Waals surface area contributed by atoms with E-state index in [4.69, 9.17) is 0 Å². The van der Waals surface area contributed by atoms with Gasteiger partial charge in [-0.2, -0.15) is 0 Å². The number of hydrogen-bond acceptors (Lipinski definition) is 2. The third-order valence-electron chi connectivity index (χ3n) is 4.57. The zero-order valence-electron chi connectivity index (χ0n) is 15.4. The molecule has 0 fully saturated rings. The van der Waals surface area contributed by atoms with Gasteiger partial charge in [0.1, 0.15) is 6.04 Å². The van der Waals surface area contributed by atoms with Crippen molar-refractivity contribution in [3.63, 3.8) is 0 Å². The second-order valence-corrected chi connectivity index (χ2v) is 6.55. The van der Waals surface area contributed by atoms with Gasteiger partial charge in [-0.15, -0.1) is 0 Å². The molecule has 0 spiro atoms. The monoisotopic (exact) mass is 360 g/mol. The molecule has 1 atom stereocenters. The fraction of sp³-hybridized carbons (Fsp3) is 0.174. The van der Waals surface area contributed by atoms with Crippen molar-refractivity contribution in [3.8, 4) is 0 Å². The van der Waals surface area contributed by atoms with E-state index in [0.717, 1.165) is 17.7 Å². The van der Waals surface area contributed by atoms with Crippen LogP contribution in [-0.2, 0) is 11.2 Å². The van der Waals surface area contributed by atoms with E-state index in [0.29, 0.717) is 6.42 Å². The molecule has 4 nitrogen and oxygen atoms in total. The molecule has 0 aliphatic rings. The number of carboxylic acid groups (broad SMARTS) is 1. The Labute approximate surface area is 160 Å². The number of hydrogen-bond donors (Lipinski definition) is 1. The first-order valence-corrected chi connectivity index (χ1v) is 9.00. The Balaban J connectivity index is 1.59. The van der Waals surface area contributed by atoms with Crippen molar-refractivity contribution in [2.45, 2.75) is 12.5 Å². The van der Waals surface area contributed by atoms with Gasteiger partial charge in [-0.05, 0) is 35.4 Å². The van der Waals surface area contributed by atoms with E-state index in [2.05, 4.69) is 36.2 Å². The minimum absolute atomic E-state index is 0.463. The summed E-state index contributed by atoms with van der Waals surface area (Å²) in [5, 5.41) is 9.49. The summed E-state index contributed by atoms with van der Waals surface area (Å²) in [5.74, 6) is -0.820. The molecule has 0 aliphatic heterocycles. The van der Waals surface area contributed by atoms with E-state index in [1.54, 1.807) is 17.0 Å². The number of carboxylic acids is 1. The second-order valence-electron chi connectivity index (χ2n) is 6.55. The summed E-state index contributed by atoms with van der Waals surface area (Å²) in [6.07, 6.45) is 8.26. The number of nitrogens with zero attached hydrogens (tertiary/aromatic N) is 2. The number of rotatable bonds is 8. The van der Waals surface area contributed by atoms with Crippen molar-refractivity contribution < 1.29 is 9.90 Å². The van der Waals surface area contributed by atoms with Gasteiger partial charge in [0.05, 0.1) is 0 Å². The van der Waals surface area contributed by atoms with Crippen molar-refractivity contribution in [3.05, 3.63) is 96.3 Å². The van der Waals surface area contributed by atoms with Crippen LogP contribution in [0.5, 0.6) is 0 Å². The normalized spacial score (nSPS) is 12.2. The first kappa shape index (κ1) is 18.5. The molecule has 27 heavy (non-hydrogen) atoms. The summed E-state index contributed by atoms with van der Waals surface area (Å²) in [7, 11) is 2.07. The molecule has 0 aliphatic carbocycles. The van der Waals surface area contributed by atoms with Crippen LogP contribution in [-0.4, -0.2) is 29.2 Å². The smallest absolute Gasteiger partial charge is 0.327 e. The van der Waals surface area contributed by atoms with Crippen molar-refractivity contribution in [1.29, 1.82) is 0 Å². The summed E-state index contributed by atoms with van der Waals surface area (Å²) in [6.45, 7) is 0.820. The van der Waals surface area contributed by atoms with Crippen molar-refractivity contribution >= 4 is 17.7 Å². The summed E-state index contributed by atoms with van der Waals surface area (Å²) in [6, 6.07) is 21.4.